The van der Waals surface area contributed by atoms with Crippen LogP contribution in [0.4, 0.5) is 0 Å². The van der Waals surface area contributed by atoms with Crippen molar-refractivity contribution in [3.05, 3.63) is 33.8 Å². The molecule has 0 bridgehead atoms. The van der Waals surface area contributed by atoms with E-state index in [1.54, 1.807) is 23.5 Å². The Bertz CT molecular complexity index is 705. The molecule has 2 aromatic rings. The van der Waals surface area contributed by atoms with Gasteiger partial charge in [-0.2, -0.15) is 0 Å². The molecule has 0 unspecified atom stereocenters. The number of nitrogens with zero attached hydrogens (tertiary/aromatic N) is 2. The summed E-state index contributed by atoms with van der Waals surface area (Å²) in [6.45, 7) is 5.83. The molecule has 0 spiro atoms. The maximum absolute atomic E-state index is 9.97. The van der Waals surface area contributed by atoms with E-state index in [1.807, 2.05) is 20.0 Å². The Morgan fingerprint density at radius 1 is 1.24 bits per heavy atom. The molecular weight excluding hydrogens is 340 g/mol. The van der Waals surface area contributed by atoms with Gasteiger partial charge in [0.05, 0.1) is 27.3 Å². The molecular formula is C17H24N4O3S. The fourth-order valence-electron chi connectivity index (χ4n) is 2.19. The van der Waals surface area contributed by atoms with Crippen molar-refractivity contribution in [1.29, 1.82) is 0 Å². The highest BCUT2D eigenvalue weighted by Gasteiger charge is 2.11. The number of rotatable bonds is 7. The summed E-state index contributed by atoms with van der Waals surface area (Å²) in [7, 11) is 3.01. The third-order valence-electron chi connectivity index (χ3n) is 3.38. The molecule has 0 saturated carbocycles. The number of phenols is 1. The zero-order chi connectivity index (χ0) is 18.2. The van der Waals surface area contributed by atoms with Crippen molar-refractivity contribution in [2.24, 2.45) is 4.99 Å². The van der Waals surface area contributed by atoms with Crippen molar-refractivity contribution < 1.29 is 14.6 Å². The highest BCUT2D eigenvalue weighted by atomic mass is 32.1. The molecule has 25 heavy (non-hydrogen) atoms. The Kier molecular flexibility index (Phi) is 6.88. The van der Waals surface area contributed by atoms with Gasteiger partial charge in [0.15, 0.2) is 17.5 Å². The minimum atomic E-state index is -0.0121. The Labute approximate surface area is 151 Å². The van der Waals surface area contributed by atoms with Gasteiger partial charge in [-0.3, -0.25) is 0 Å². The lowest BCUT2D eigenvalue weighted by molar-refractivity contribution is 0.339. The first-order valence-electron chi connectivity index (χ1n) is 7.94. The molecule has 136 valence electrons. The molecule has 1 aromatic carbocycles. The second kappa shape index (κ2) is 9.12. The number of phenolic OH excluding ortho intramolecular Hbond substituents is 1. The fourth-order valence-corrected chi connectivity index (χ4v) is 2.92. The van der Waals surface area contributed by atoms with Crippen molar-refractivity contribution in [3.8, 4) is 17.2 Å². The summed E-state index contributed by atoms with van der Waals surface area (Å²) in [5.74, 6) is 1.41. The van der Waals surface area contributed by atoms with Gasteiger partial charge < -0.3 is 25.2 Å². The molecule has 0 atom stereocenters. The van der Waals surface area contributed by atoms with Crippen molar-refractivity contribution in [2.45, 2.75) is 26.9 Å². The van der Waals surface area contributed by atoms with Gasteiger partial charge in [0, 0.05) is 17.6 Å². The lowest BCUT2D eigenvalue weighted by Crippen LogP contribution is -2.36. The summed E-state index contributed by atoms with van der Waals surface area (Å²) in [4.78, 5) is 10.1. The third kappa shape index (κ3) is 5.25. The Balaban J connectivity index is 2.09. The maximum Gasteiger partial charge on any atom is 0.200 e. The number of aromatic hydroxyl groups is 1. The van der Waals surface area contributed by atoms with Gasteiger partial charge in [0.2, 0.25) is 5.75 Å². The van der Waals surface area contributed by atoms with Crippen LogP contribution in [0, 0.1) is 6.92 Å². The smallest absolute Gasteiger partial charge is 0.200 e. The molecule has 0 aliphatic rings. The first kappa shape index (κ1) is 18.9. The fraction of sp³-hybridized carbons (Fsp3) is 0.412. The number of aryl methyl sites for hydroxylation is 1. The van der Waals surface area contributed by atoms with Crippen LogP contribution in [0.2, 0.25) is 0 Å². The highest BCUT2D eigenvalue weighted by molar-refractivity contribution is 7.11. The second-order valence-electron chi connectivity index (χ2n) is 5.26. The quantitative estimate of drug-likeness (QED) is 0.517. The molecule has 2 rings (SSSR count). The van der Waals surface area contributed by atoms with Crippen LogP contribution in [-0.2, 0) is 13.1 Å². The molecule has 0 aliphatic heterocycles. The number of hydrogen-bond donors (Lipinski definition) is 3. The average Bonchev–Trinajstić information content (AvgIpc) is 3.03. The van der Waals surface area contributed by atoms with Gasteiger partial charge in [-0.1, -0.05) is 0 Å². The van der Waals surface area contributed by atoms with E-state index < -0.39 is 0 Å². The highest BCUT2D eigenvalue weighted by Crippen LogP contribution is 2.37. The largest absolute Gasteiger partial charge is 0.502 e. The van der Waals surface area contributed by atoms with Crippen LogP contribution < -0.4 is 20.1 Å². The Hall–Kier alpha value is -2.48. The van der Waals surface area contributed by atoms with Crippen molar-refractivity contribution in [1.82, 2.24) is 15.6 Å². The van der Waals surface area contributed by atoms with Crippen LogP contribution in [0.1, 0.15) is 22.4 Å². The molecule has 7 nitrogen and oxygen atoms in total. The standard InChI is InChI=1S/C17H24N4O3S/c1-5-18-17(21-10-15-19-8-11(2)25-15)20-9-12-6-13(23-3)16(22)14(7-12)24-4/h6-8,22H,5,9-10H2,1-4H3,(H2,18,20,21). The average molecular weight is 364 g/mol. The summed E-state index contributed by atoms with van der Waals surface area (Å²) in [5, 5.41) is 17.4. The van der Waals surface area contributed by atoms with Gasteiger partial charge >= 0.3 is 0 Å². The Morgan fingerprint density at radius 3 is 2.44 bits per heavy atom. The van der Waals surface area contributed by atoms with E-state index in [2.05, 4.69) is 20.6 Å². The Morgan fingerprint density at radius 2 is 1.92 bits per heavy atom. The minimum absolute atomic E-state index is 0.0121. The maximum atomic E-state index is 9.97. The van der Waals surface area contributed by atoms with Gasteiger partial charge in [0.25, 0.3) is 0 Å². The molecule has 8 heteroatoms. The number of aliphatic imine (C=N–C) groups is 1. The number of aromatic nitrogens is 1. The monoisotopic (exact) mass is 364 g/mol. The van der Waals surface area contributed by atoms with Crippen LogP contribution >= 0.6 is 11.3 Å². The zero-order valence-corrected chi connectivity index (χ0v) is 15.7. The molecule has 0 aliphatic carbocycles. The summed E-state index contributed by atoms with van der Waals surface area (Å²) in [5.41, 5.74) is 0.869. The van der Waals surface area contributed by atoms with Crippen molar-refractivity contribution in [2.75, 3.05) is 20.8 Å². The zero-order valence-electron chi connectivity index (χ0n) is 14.9. The first-order chi connectivity index (χ1) is 12.1. The van der Waals surface area contributed by atoms with Crippen molar-refractivity contribution >= 4 is 17.3 Å². The van der Waals surface area contributed by atoms with Crippen molar-refractivity contribution in [3.63, 3.8) is 0 Å². The lowest BCUT2D eigenvalue weighted by Gasteiger charge is -2.12. The number of ether oxygens (including phenoxy) is 2. The number of benzene rings is 1. The van der Waals surface area contributed by atoms with Gasteiger partial charge in [-0.15, -0.1) is 11.3 Å². The predicted molar refractivity (Wildman–Crippen MR) is 99.7 cm³/mol. The normalized spacial score (nSPS) is 11.3. The summed E-state index contributed by atoms with van der Waals surface area (Å²) >= 11 is 1.66. The van der Waals surface area contributed by atoms with E-state index in [0.29, 0.717) is 30.5 Å². The molecule has 1 aromatic heterocycles. The molecule has 0 saturated heterocycles. The van der Waals surface area contributed by atoms with Crippen LogP contribution in [0.15, 0.2) is 23.3 Å². The van der Waals surface area contributed by atoms with Gasteiger partial charge in [-0.05, 0) is 31.5 Å². The minimum Gasteiger partial charge on any atom is -0.502 e. The van der Waals surface area contributed by atoms with E-state index in [1.165, 1.54) is 19.1 Å². The molecule has 0 radical (unpaired) electrons. The van der Waals surface area contributed by atoms with E-state index in [-0.39, 0.29) is 5.75 Å². The second-order valence-corrected chi connectivity index (χ2v) is 6.58. The summed E-state index contributed by atoms with van der Waals surface area (Å²) in [6, 6.07) is 3.49. The SMILES string of the molecule is CCNC(=NCc1cc(OC)c(O)c(OC)c1)NCc1ncc(C)s1. The van der Waals surface area contributed by atoms with E-state index in [0.717, 1.165) is 17.1 Å². The lowest BCUT2D eigenvalue weighted by atomic mass is 10.2. The number of nitrogens with one attached hydrogen (secondary N) is 2. The van der Waals surface area contributed by atoms with Crippen LogP contribution in [-0.4, -0.2) is 36.8 Å². The predicted octanol–water partition coefficient (Wildman–Crippen LogP) is 2.43. The topological polar surface area (TPSA) is 88.0 Å². The summed E-state index contributed by atoms with van der Waals surface area (Å²) < 4.78 is 10.3. The summed E-state index contributed by atoms with van der Waals surface area (Å²) in [6.07, 6.45) is 1.86. The number of guanidine groups is 1. The molecule has 1 heterocycles. The van der Waals surface area contributed by atoms with E-state index in [9.17, 15) is 5.11 Å². The van der Waals surface area contributed by atoms with E-state index in [4.69, 9.17) is 9.47 Å². The number of thiazole rings is 1. The van der Waals surface area contributed by atoms with Gasteiger partial charge in [0.1, 0.15) is 5.01 Å². The van der Waals surface area contributed by atoms with Gasteiger partial charge in [-0.25, -0.2) is 9.98 Å². The van der Waals surface area contributed by atoms with Crippen LogP contribution in [0.5, 0.6) is 17.2 Å². The van der Waals surface area contributed by atoms with Crippen LogP contribution in [0.3, 0.4) is 0 Å². The third-order valence-corrected chi connectivity index (χ3v) is 4.29. The molecule has 3 N–H and O–H groups in total. The molecule has 0 amide bonds. The first-order valence-corrected chi connectivity index (χ1v) is 8.76. The number of hydrogen-bond acceptors (Lipinski definition) is 6. The van der Waals surface area contributed by atoms with Crippen LogP contribution in [0.25, 0.3) is 0 Å². The molecule has 0 fully saturated rings. The van der Waals surface area contributed by atoms with E-state index >= 15 is 0 Å². The number of methoxy groups -OCH3 is 2.